The van der Waals surface area contributed by atoms with Crippen molar-refractivity contribution in [1.82, 2.24) is 25.3 Å². The van der Waals surface area contributed by atoms with Gasteiger partial charge in [0.1, 0.15) is 11.6 Å². The number of hydrogen-bond donors (Lipinski definition) is 2. The summed E-state index contributed by atoms with van der Waals surface area (Å²) in [6.07, 6.45) is 11.9. The average Bonchev–Trinajstić information content (AvgIpc) is 3.48. The minimum Gasteiger partial charge on any atom is -0.351 e. The van der Waals surface area contributed by atoms with Gasteiger partial charge in [-0.1, -0.05) is 24.6 Å². The third-order valence-electron chi connectivity index (χ3n) is 7.89. The van der Waals surface area contributed by atoms with Crippen LogP contribution in [0.3, 0.4) is 0 Å². The molecule has 4 aromatic rings. The molecule has 1 aliphatic carbocycles. The molecule has 0 radical (unpaired) electrons. The van der Waals surface area contributed by atoms with Gasteiger partial charge in [0.15, 0.2) is 5.82 Å². The first kappa shape index (κ1) is 20.8. The molecule has 2 N–H and O–H groups in total. The van der Waals surface area contributed by atoms with Crippen LogP contribution in [0.4, 0.5) is 17.3 Å². The van der Waals surface area contributed by atoms with Gasteiger partial charge in [-0.05, 0) is 68.0 Å². The van der Waals surface area contributed by atoms with Crippen molar-refractivity contribution >= 4 is 28.2 Å². The summed E-state index contributed by atoms with van der Waals surface area (Å²) in [5.74, 6) is 3.16. The van der Waals surface area contributed by atoms with E-state index >= 15 is 0 Å². The van der Waals surface area contributed by atoms with Crippen LogP contribution in [0.1, 0.15) is 43.6 Å². The quantitative estimate of drug-likeness (QED) is 0.429. The van der Waals surface area contributed by atoms with E-state index in [1.165, 1.54) is 30.2 Å². The fourth-order valence-electron chi connectivity index (χ4n) is 5.89. The monoisotopic (exact) mass is 463 g/mol. The summed E-state index contributed by atoms with van der Waals surface area (Å²) < 4.78 is 0. The van der Waals surface area contributed by atoms with E-state index in [0.717, 1.165) is 60.2 Å². The van der Waals surface area contributed by atoms with Crippen molar-refractivity contribution in [2.24, 2.45) is 0 Å². The summed E-state index contributed by atoms with van der Waals surface area (Å²) in [5.41, 5.74) is 4.23. The zero-order chi connectivity index (χ0) is 23.2. The topological polar surface area (TPSA) is 78.9 Å². The lowest BCUT2D eigenvalue weighted by molar-refractivity contribution is 0.421. The molecule has 2 atom stereocenters. The predicted molar refractivity (Wildman–Crippen MR) is 139 cm³/mol. The van der Waals surface area contributed by atoms with Crippen molar-refractivity contribution in [2.75, 3.05) is 23.3 Å². The highest BCUT2D eigenvalue weighted by molar-refractivity contribution is 5.94. The Morgan fingerprint density at radius 3 is 2.74 bits per heavy atom. The Kier molecular flexibility index (Phi) is 5.09. The third-order valence-corrected chi connectivity index (χ3v) is 7.89. The molecule has 0 spiro atoms. The maximum absolute atomic E-state index is 5.27. The van der Waals surface area contributed by atoms with Crippen molar-refractivity contribution < 1.29 is 0 Å². The molecule has 2 aliphatic heterocycles. The molecule has 3 aromatic heterocycles. The number of pyridine rings is 2. The molecule has 0 amide bonds. The second-order valence-electron chi connectivity index (χ2n) is 9.94. The molecule has 3 fully saturated rings. The Balaban J connectivity index is 1.35. The number of nitrogens with one attached hydrogen (secondary N) is 2. The summed E-state index contributed by atoms with van der Waals surface area (Å²) >= 11 is 0. The van der Waals surface area contributed by atoms with Crippen molar-refractivity contribution in [3.05, 3.63) is 66.6 Å². The molecule has 2 saturated heterocycles. The minimum absolute atomic E-state index is 0.496. The van der Waals surface area contributed by atoms with Crippen LogP contribution >= 0.6 is 0 Å². The fourth-order valence-corrected chi connectivity index (χ4v) is 5.89. The average molecular weight is 464 g/mol. The Hall–Kier alpha value is -3.58. The predicted octanol–water partition coefficient (Wildman–Crippen LogP) is 5.04. The van der Waals surface area contributed by atoms with Gasteiger partial charge in [0.25, 0.3) is 0 Å². The molecule has 35 heavy (non-hydrogen) atoms. The molecular formula is C28H29N7. The maximum Gasteiger partial charge on any atom is 0.162 e. The molecule has 176 valence electrons. The van der Waals surface area contributed by atoms with Gasteiger partial charge >= 0.3 is 0 Å². The van der Waals surface area contributed by atoms with E-state index in [-0.39, 0.29) is 0 Å². The summed E-state index contributed by atoms with van der Waals surface area (Å²) in [5, 5.41) is 8.29. The van der Waals surface area contributed by atoms with E-state index in [4.69, 9.17) is 9.97 Å². The van der Waals surface area contributed by atoms with Gasteiger partial charge in [-0.2, -0.15) is 0 Å². The number of para-hydroxylation sites is 1. The van der Waals surface area contributed by atoms with Crippen LogP contribution in [0.2, 0.25) is 0 Å². The van der Waals surface area contributed by atoms with Crippen LogP contribution in [0.5, 0.6) is 0 Å². The first-order valence-corrected chi connectivity index (χ1v) is 12.8. The number of nitrogens with zero attached hydrogens (tertiary/aromatic N) is 5. The molecule has 7 nitrogen and oxygen atoms in total. The van der Waals surface area contributed by atoms with Crippen LogP contribution in [0.15, 0.2) is 61.1 Å². The van der Waals surface area contributed by atoms with Gasteiger partial charge in [-0.3, -0.25) is 4.98 Å². The van der Waals surface area contributed by atoms with E-state index in [2.05, 4.69) is 31.7 Å². The highest BCUT2D eigenvalue weighted by Gasteiger charge is 2.39. The number of anilines is 3. The number of hydrogen-bond acceptors (Lipinski definition) is 7. The second-order valence-corrected chi connectivity index (χ2v) is 9.94. The summed E-state index contributed by atoms with van der Waals surface area (Å²) in [7, 11) is 0. The summed E-state index contributed by atoms with van der Waals surface area (Å²) in [6.45, 7) is 2.11. The fraction of sp³-hybridized carbons (Fsp3) is 0.357. The Bertz CT molecular complexity index is 1370. The lowest BCUT2D eigenvalue weighted by Gasteiger charge is -2.30. The molecule has 7 rings (SSSR count). The van der Waals surface area contributed by atoms with Crippen LogP contribution in [0, 0.1) is 0 Å². The summed E-state index contributed by atoms with van der Waals surface area (Å²) in [4.78, 5) is 22.0. The highest BCUT2D eigenvalue weighted by Crippen LogP contribution is 2.43. The number of benzene rings is 1. The van der Waals surface area contributed by atoms with Gasteiger partial charge in [-0.15, -0.1) is 0 Å². The maximum atomic E-state index is 5.27. The zero-order valence-electron chi connectivity index (χ0n) is 19.7. The van der Waals surface area contributed by atoms with Crippen LogP contribution in [-0.2, 0) is 0 Å². The first-order chi connectivity index (χ1) is 17.3. The van der Waals surface area contributed by atoms with Crippen molar-refractivity contribution in [1.29, 1.82) is 0 Å². The van der Waals surface area contributed by atoms with Gasteiger partial charge in [0.05, 0.1) is 11.7 Å². The molecule has 1 saturated carbocycles. The first-order valence-electron chi connectivity index (χ1n) is 12.8. The lowest BCUT2D eigenvalue weighted by Crippen LogP contribution is -2.35. The standard InChI is InChI=1S/C28H29N7/c1-2-7-20(8-3-1)32-25-15-19(9-12-31-25)27-33-23-17-29-16-21(18-5-4-6-18)26(23)28(34-27)35-14-11-22-24(35)10-13-30-22/h1-3,7-9,12,15-18,22,24,30H,4-6,10-11,13-14H2,(H,31,32). The summed E-state index contributed by atoms with van der Waals surface area (Å²) in [6, 6.07) is 15.2. The lowest BCUT2D eigenvalue weighted by atomic mass is 9.79. The van der Waals surface area contributed by atoms with Crippen LogP contribution in [0.25, 0.3) is 22.3 Å². The minimum atomic E-state index is 0.496. The molecule has 1 aromatic carbocycles. The van der Waals surface area contributed by atoms with Crippen LogP contribution < -0.4 is 15.5 Å². The number of rotatable bonds is 5. The molecule has 3 aliphatic rings. The van der Waals surface area contributed by atoms with E-state index in [0.29, 0.717) is 18.0 Å². The largest absolute Gasteiger partial charge is 0.351 e. The van der Waals surface area contributed by atoms with Crippen molar-refractivity contribution in [2.45, 2.75) is 50.1 Å². The number of aromatic nitrogens is 4. The molecule has 0 bridgehead atoms. The second kappa shape index (κ2) is 8.57. The molecule has 5 heterocycles. The van der Waals surface area contributed by atoms with Crippen molar-refractivity contribution in [3.63, 3.8) is 0 Å². The Morgan fingerprint density at radius 1 is 0.971 bits per heavy atom. The van der Waals surface area contributed by atoms with Gasteiger partial charge in [-0.25, -0.2) is 15.0 Å². The highest BCUT2D eigenvalue weighted by atomic mass is 15.3. The number of fused-ring (bicyclic) bond motifs is 2. The molecular weight excluding hydrogens is 434 g/mol. The SMILES string of the molecule is c1ccc(Nc2cc(-c3nc(N4CCC5NCCC54)c4c(C5CCC5)cncc4n3)ccn2)cc1. The van der Waals surface area contributed by atoms with Gasteiger partial charge in [0.2, 0.25) is 0 Å². The smallest absolute Gasteiger partial charge is 0.162 e. The Labute approximate surface area is 205 Å². The van der Waals surface area contributed by atoms with E-state index in [9.17, 15) is 0 Å². The van der Waals surface area contributed by atoms with E-state index in [1.807, 2.05) is 54.9 Å². The Morgan fingerprint density at radius 2 is 1.89 bits per heavy atom. The van der Waals surface area contributed by atoms with Gasteiger partial charge in [0, 0.05) is 47.7 Å². The van der Waals surface area contributed by atoms with Crippen LogP contribution in [-0.4, -0.2) is 45.1 Å². The van der Waals surface area contributed by atoms with E-state index < -0.39 is 0 Å². The molecule has 7 heteroatoms. The zero-order valence-corrected chi connectivity index (χ0v) is 19.7. The normalized spacial score (nSPS) is 21.8. The van der Waals surface area contributed by atoms with Gasteiger partial charge < -0.3 is 15.5 Å². The molecule has 2 unspecified atom stereocenters. The van der Waals surface area contributed by atoms with E-state index in [1.54, 1.807) is 0 Å². The van der Waals surface area contributed by atoms with Crippen molar-refractivity contribution in [3.8, 4) is 11.4 Å². The third kappa shape index (κ3) is 3.71.